The molecule has 0 radical (unpaired) electrons. The van der Waals surface area contributed by atoms with E-state index in [-0.39, 0.29) is 18.0 Å². The van der Waals surface area contributed by atoms with Crippen molar-refractivity contribution in [2.75, 3.05) is 36.5 Å². The van der Waals surface area contributed by atoms with Crippen LogP contribution in [0.4, 0.5) is 20.6 Å². The zero-order valence-corrected chi connectivity index (χ0v) is 19.5. The Labute approximate surface area is 200 Å². The molecule has 2 fully saturated rings. The molecule has 2 aromatic heterocycles. The highest BCUT2D eigenvalue weighted by molar-refractivity contribution is 5.96. The maximum Gasteiger partial charge on any atom is 0.414 e. The lowest BCUT2D eigenvalue weighted by Crippen LogP contribution is -2.35. The van der Waals surface area contributed by atoms with E-state index < -0.39 is 6.09 Å². The third-order valence-electron chi connectivity index (χ3n) is 6.27. The number of aromatic nitrogens is 6. The number of nitrogens with zero attached hydrogens (tertiary/aromatic N) is 9. The van der Waals surface area contributed by atoms with Gasteiger partial charge in [-0.1, -0.05) is 15.6 Å². The fourth-order valence-electron chi connectivity index (χ4n) is 4.46. The molecule has 3 aromatic rings. The third-order valence-corrected chi connectivity index (χ3v) is 6.27. The lowest BCUT2D eigenvalue weighted by molar-refractivity contribution is 0.129. The molecule has 5 rings (SSSR count). The van der Waals surface area contributed by atoms with Crippen LogP contribution in [0.3, 0.4) is 0 Å². The average molecular weight is 484 g/mol. The number of amides is 1. The van der Waals surface area contributed by atoms with Crippen molar-refractivity contribution in [1.82, 2.24) is 30.0 Å². The Kier molecular flexibility index (Phi) is 6.29. The molecule has 35 heavy (non-hydrogen) atoms. The predicted molar refractivity (Wildman–Crippen MR) is 124 cm³/mol. The standard InChI is InChI=1S/C22H26FN9O3/c1-15(26-34-2)20-14-32(28-25-20)16-5-8-29(9-6-16)21-4-3-17(11-19(21)23)31-13-18(35-22(31)33)12-30-10-7-24-27-30/h3-4,7,10-11,14,16,18H,5-6,8-9,12-13H2,1-2H3/b26-15+/t18-/m0/s1. The molecule has 2 aliphatic heterocycles. The first-order valence-electron chi connectivity index (χ1n) is 11.4. The van der Waals surface area contributed by atoms with Gasteiger partial charge in [-0.3, -0.25) is 4.90 Å². The second kappa shape index (κ2) is 9.68. The first-order valence-corrected chi connectivity index (χ1v) is 11.4. The molecule has 13 heteroatoms. The number of ether oxygens (including phenoxy) is 1. The highest BCUT2D eigenvalue weighted by atomic mass is 19.1. The molecule has 184 valence electrons. The summed E-state index contributed by atoms with van der Waals surface area (Å²) >= 11 is 0. The zero-order valence-electron chi connectivity index (χ0n) is 19.5. The number of anilines is 2. The number of carbonyl (C=O) groups excluding carboxylic acids is 1. The SMILES string of the molecule is CO/N=C(\C)c1cn(C2CCN(c3ccc(N4C[C@H](Cn5ccnn5)OC4=O)cc3F)CC2)nn1. The molecule has 2 saturated heterocycles. The summed E-state index contributed by atoms with van der Waals surface area (Å²) < 4.78 is 24.0. The van der Waals surface area contributed by atoms with Gasteiger partial charge in [-0.25, -0.2) is 18.5 Å². The Bertz CT molecular complexity index is 1200. The average Bonchev–Trinajstić information content (AvgIpc) is 3.61. The van der Waals surface area contributed by atoms with Crippen molar-refractivity contribution in [3.63, 3.8) is 0 Å². The maximum absolute atomic E-state index is 15.1. The molecule has 0 unspecified atom stereocenters. The van der Waals surface area contributed by atoms with Gasteiger partial charge in [0.1, 0.15) is 30.4 Å². The van der Waals surface area contributed by atoms with Gasteiger partial charge < -0.3 is 14.5 Å². The zero-order chi connectivity index (χ0) is 24.4. The van der Waals surface area contributed by atoms with E-state index in [1.54, 1.807) is 29.2 Å². The minimum absolute atomic E-state index is 0.173. The molecule has 2 aliphatic rings. The first-order chi connectivity index (χ1) is 17.0. The molecule has 12 nitrogen and oxygen atoms in total. The highest BCUT2D eigenvalue weighted by Gasteiger charge is 2.33. The monoisotopic (exact) mass is 483 g/mol. The number of piperidine rings is 1. The fourth-order valence-corrected chi connectivity index (χ4v) is 4.46. The lowest BCUT2D eigenvalue weighted by atomic mass is 10.0. The molecule has 1 atom stereocenters. The van der Waals surface area contributed by atoms with E-state index in [1.165, 1.54) is 18.1 Å². The van der Waals surface area contributed by atoms with E-state index in [0.29, 0.717) is 49.0 Å². The van der Waals surface area contributed by atoms with Crippen LogP contribution >= 0.6 is 0 Å². The van der Waals surface area contributed by atoms with Crippen molar-refractivity contribution in [3.05, 3.63) is 48.3 Å². The van der Waals surface area contributed by atoms with E-state index >= 15 is 4.39 Å². The number of oxime groups is 1. The smallest absolute Gasteiger partial charge is 0.414 e. The molecule has 1 aromatic carbocycles. The van der Waals surface area contributed by atoms with Crippen molar-refractivity contribution in [3.8, 4) is 0 Å². The number of cyclic esters (lactones) is 1. The van der Waals surface area contributed by atoms with Crippen LogP contribution in [0, 0.1) is 5.82 Å². The van der Waals surface area contributed by atoms with E-state index in [9.17, 15) is 4.79 Å². The van der Waals surface area contributed by atoms with Crippen molar-refractivity contribution in [1.29, 1.82) is 0 Å². The van der Waals surface area contributed by atoms with Gasteiger partial charge in [0.2, 0.25) is 0 Å². The second-order valence-electron chi connectivity index (χ2n) is 8.54. The maximum atomic E-state index is 15.1. The molecule has 0 bridgehead atoms. The van der Waals surface area contributed by atoms with Gasteiger partial charge in [0, 0.05) is 19.3 Å². The van der Waals surface area contributed by atoms with Crippen molar-refractivity contribution in [2.45, 2.75) is 38.5 Å². The quantitative estimate of drug-likeness (QED) is 0.371. The van der Waals surface area contributed by atoms with E-state index in [4.69, 9.17) is 9.57 Å². The molecular weight excluding hydrogens is 457 g/mol. The Hall–Kier alpha value is -4.03. The number of hydrogen-bond acceptors (Lipinski definition) is 9. The van der Waals surface area contributed by atoms with E-state index in [2.05, 4.69) is 25.8 Å². The number of rotatable bonds is 7. The van der Waals surface area contributed by atoms with Gasteiger partial charge >= 0.3 is 6.09 Å². The topological polar surface area (TPSA) is 116 Å². The summed E-state index contributed by atoms with van der Waals surface area (Å²) in [5.41, 5.74) is 2.31. The minimum atomic E-state index is -0.499. The highest BCUT2D eigenvalue weighted by Crippen LogP contribution is 2.31. The van der Waals surface area contributed by atoms with E-state index in [1.807, 2.05) is 22.7 Å². The Morgan fingerprint density at radius 3 is 2.83 bits per heavy atom. The number of carbonyl (C=O) groups is 1. The summed E-state index contributed by atoms with van der Waals surface area (Å²) in [6, 6.07) is 5.04. The largest absolute Gasteiger partial charge is 0.442 e. The van der Waals surface area contributed by atoms with Crippen LogP contribution in [0.15, 0.2) is 41.9 Å². The van der Waals surface area contributed by atoms with Crippen LogP contribution in [0.1, 0.15) is 31.5 Å². The van der Waals surface area contributed by atoms with Crippen molar-refractivity contribution >= 4 is 23.2 Å². The van der Waals surface area contributed by atoms with Crippen LogP contribution in [0.2, 0.25) is 0 Å². The fraction of sp³-hybridized carbons (Fsp3) is 0.455. The summed E-state index contributed by atoms with van der Waals surface area (Å²) in [5, 5.41) is 19.9. The molecule has 0 N–H and O–H groups in total. The molecule has 0 aliphatic carbocycles. The van der Waals surface area contributed by atoms with Crippen LogP contribution in [0.5, 0.6) is 0 Å². The molecule has 4 heterocycles. The third kappa shape index (κ3) is 4.79. The van der Waals surface area contributed by atoms with Crippen LogP contribution in [-0.4, -0.2) is 74.6 Å². The molecule has 1 amide bonds. The van der Waals surface area contributed by atoms with Crippen molar-refractivity contribution < 1.29 is 18.8 Å². The Morgan fingerprint density at radius 1 is 1.29 bits per heavy atom. The van der Waals surface area contributed by atoms with E-state index in [0.717, 1.165) is 12.8 Å². The Balaban J connectivity index is 1.20. The van der Waals surface area contributed by atoms with Crippen LogP contribution in [0.25, 0.3) is 0 Å². The second-order valence-corrected chi connectivity index (χ2v) is 8.54. The predicted octanol–water partition coefficient (Wildman–Crippen LogP) is 2.25. The minimum Gasteiger partial charge on any atom is -0.442 e. The molecule has 0 saturated carbocycles. The number of hydrogen-bond donors (Lipinski definition) is 0. The van der Waals surface area contributed by atoms with Gasteiger partial charge in [-0.15, -0.1) is 10.2 Å². The van der Waals surface area contributed by atoms with Gasteiger partial charge in [0.25, 0.3) is 0 Å². The summed E-state index contributed by atoms with van der Waals surface area (Å²) in [5.74, 6) is -0.372. The van der Waals surface area contributed by atoms with Crippen LogP contribution in [-0.2, 0) is 16.1 Å². The molecular formula is C22H26FN9O3. The van der Waals surface area contributed by atoms with Crippen LogP contribution < -0.4 is 9.80 Å². The summed E-state index contributed by atoms with van der Waals surface area (Å²) in [6.07, 6.45) is 5.84. The summed E-state index contributed by atoms with van der Waals surface area (Å²) in [7, 11) is 1.49. The Morgan fingerprint density at radius 2 is 2.11 bits per heavy atom. The number of halogens is 1. The van der Waals surface area contributed by atoms with Gasteiger partial charge in [0.05, 0.1) is 42.9 Å². The van der Waals surface area contributed by atoms with Gasteiger partial charge in [-0.2, -0.15) is 0 Å². The van der Waals surface area contributed by atoms with Gasteiger partial charge in [-0.05, 0) is 38.0 Å². The normalized spacial score (nSPS) is 19.3. The molecule has 0 spiro atoms. The van der Waals surface area contributed by atoms with Crippen molar-refractivity contribution in [2.24, 2.45) is 5.16 Å². The number of benzene rings is 1. The van der Waals surface area contributed by atoms with Gasteiger partial charge in [0.15, 0.2) is 0 Å². The first kappa shape index (κ1) is 22.7. The lowest BCUT2D eigenvalue weighted by Gasteiger charge is -2.33. The summed E-state index contributed by atoms with van der Waals surface area (Å²) in [4.78, 5) is 20.6. The summed E-state index contributed by atoms with van der Waals surface area (Å²) in [6.45, 7) is 3.87.